The molecule has 0 aromatic carbocycles. The maximum absolute atomic E-state index is 11.9. The van der Waals surface area contributed by atoms with Crippen LogP contribution in [0.4, 0.5) is 0 Å². The van der Waals surface area contributed by atoms with Gasteiger partial charge >= 0.3 is 5.97 Å². The molecule has 0 atom stereocenters. The van der Waals surface area contributed by atoms with Crippen LogP contribution in [0, 0.1) is 0 Å². The normalized spacial score (nSPS) is 16.6. The van der Waals surface area contributed by atoms with Crippen LogP contribution in [-0.4, -0.2) is 76.7 Å². The van der Waals surface area contributed by atoms with E-state index in [1.165, 1.54) is 13.4 Å². The Morgan fingerprint density at radius 1 is 1.39 bits per heavy atom. The summed E-state index contributed by atoms with van der Waals surface area (Å²) in [5.41, 5.74) is 0. The number of piperazine rings is 1. The topological polar surface area (TPSA) is 91.4 Å². The fraction of sp³-hybridized carbons (Fsp3) is 0.600. The molecule has 1 amide bonds. The van der Waals surface area contributed by atoms with Crippen LogP contribution < -0.4 is 0 Å². The Labute approximate surface area is 104 Å². The van der Waals surface area contributed by atoms with Crippen molar-refractivity contribution in [2.45, 2.75) is 0 Å². The van der Waals surface area contributed by atoms with Crippen LogP contribution in [-0.2, 0) is 9.53 Å². The first-order chi connectivity index (χ1) is 8.70. The monoisotopic (exact) mass is 253 g/mol. The van der Waals surface area contributed by atoms with E-state index < -0.39 is 0 Å². The summed E-state index contributed by atoms with van der Waals surface area (Å²) in [7, 11) is 1.37. The smallest absolute Gasteiger partial charge is 0.319 e. The molecule has 1 fully saturated rings. The zero-order chi connectivity index (χ0) is 13.0. The molecule has 0 saturated carbocycles. The molecule has 8 nitrogen and oxygen atoms in total. The van der Waals surface area contributed by atoms with Crippen LogP contribution in [0.2, 0.25) is 0 Å². The van der Waals surface area contributed by atoms with Crippen molar-refractivity contribution in [3.63, 3.8) is 0 Å². The molecule has 2 heterocycles. The summed E-state index contributed by atoms with van der Waals surface area (Å²) in [6, 6.07) is 0. The lowest BCUT2D eigenvalue weighted by molar-refractivity contribution is -0.142. The average molecular weight is 253 g/mol. The number of hydrogen-bond donors (Lipinski definition) is 1. The van der Waals surface area contributed by atoms with Gasteiger partial charge in [-0.05, 0) is 0 Å². The van der Waals surface area contributed by atoms with Gasteiger partial charge in [-0.2, -0.15) is 5.10 Å². The molecule has 1 aliphatic heterocycles. The third-order valence-electron chi connectivity index (χ3n) is 2.86. The first-order valence-corrected chi connectivity index (χ1v) is 5.64. The van der Waals surface area contributed by atoms with Gasteiger partial charge in [0.15, 0.2) is 0 Å². The first-order valence-electron chi connectivity index (χ1n) is 5.64. The maximum Gasteiger partial charge on any atom is 0.319 e. The number of nitrogens with one attached hydrogen (secondary N) is 1. The zero-order valence-corrected chi connectivity index (χ0v) is 10.1. The van der Waals surface area contributed by atoms with Gasteiger partial charge in [0, 0.05) is 26.2 Å². The van der Waals surface area contributed by atoms with E-state index in [1.54, 1.807) is 4.90 Å². The minimum atomic E-state index is -0.259. The highest BCUT2D eigenvalue weighted by Crippen LogP contribution is 2.05. The number of methoxy groups -OCH3 is 1. The fourth-order valence-corrected chi connectivity index (χ4v) is 1.81. The summed E-state index contributed by atoms with van der Waals surface area (Å²) in [5.74, 6) is -0.174. The number of esters is 1. The number of H-pyrrole nitrogens is 1. The quantitative estimate of drug-likeness (QED) is 0.676. The molecule has 1 aliphatic rings. The summed E-state index contributed by atoms with van der Waals surface area (Å²) >= 11 is 0. The van der Waals surface area contributed by atoms with Crippen LogP contribution in [0.3, 0.4) is 0 Å². The van der Waals surface area contributed by atoms with Crippen molar-refractivity contribution in [2.75, 3.05) is 39.8 Å². The minimum absolute atomic E-state index is 0.162. The lowest BCUT2D eigenvalue weighted by Crippen LogP contribution is -2.50. The Bertz CT molecular complexity index is 411. The highest BCUT2D eigenvalue weighted by molar-refractivity contribution is 5.90. The Kier molecular flexibility index (Phi) is 3.88. The van der Waals surface area contributed by atoms with E-state index >= 15 is 0 Å². The number of amides is 1. The molecule has 1 aromatic heterocycles. The number of nitrogens with zero attached hydrogens (tertiary/aromatic N) is 4. The van der Waals surface area contributed by atoms with Gasteiger partial charge in [0.1, 0.15) is 6.33 Å². The SMILES string of the molecule is COC(=O)CN1CCN(C(=O)c2ncn[nH]2)CC1. The Morgan fingerprint density at radius 2 is 2.11 bits per heavy atom. The van der Waals surface area contributed by atoms with Gasteiger partial charge in [-0.15, -0.1) is 0 Å². The van der Waals surface area contributed by atoms with E-state index in [0.717, 1.165) is 0 Å². The molecule has 0 aliphatic carbocycles. The van der Waals surface area contributed by atoms with Gasteiger partial charge in [0.25, 0.3) is 5.91 Å². The Hall–Kier alpha value is -1.96. The molecule has 8 heteroatoms. The number of ether oxygens (including phenoxy) is 1. The van der Waals surface area contributed by atoms with Crippen molar-refractivity contribution < 1.29 is 14.3 Å². The number of carbonyl (C=O) groups excluding carboxylic acids is 2. The number of hydrogen-bond acceptors (Lipinski definition) is 6. The predicted molar refractivity (Wildman–Crippen MR) is 60.7 cm³/mol. The van der Waals surface area contributed by atoms with E-state index in [-0.39, 0.29) is 24.2 Å². The number of rotatable bonds is 3. The standard InChI is InChI=1S/C10H15N5O3/c1-18-8(16)6-14-2-4-15(5-3-14)10(17)9-11-7-12-13-9/h7H,2-6H2,1H3,(H,11,12,13). The molecule has 0 radical (unpaired) electrons. The van der Waals surface area contributed by atoms with E-state index in [9.17, 15) is 9.59 Å². The van der Waals surface area contributed by atoms with Gasteiger partial charge in [0.05, 0.1) is 13.7 Å². The van der Waals surface area contributed by atoms with Crippen LogP contribution >= 0.6 is 0 Å². The van der Waals surface area contributed by atoms with E-state index in [0.29, 0.717) is 26.2 Å². The maximum atomic E-state index is 11.9. The van der Waals surface area contributed by atoms with Gasteiger partial charge in [-0.25, -0.2) is 4.98 Å². The van der Waals surface area contributed by atoms with Crippen LogP contribution in [0.1, 0.15) is 10.6 Å². The van der Waals surface area contributed by atoms with Crippen molar-refractivity contribution >= 4 is 11.9 Å². The minimum Gasteiger partial charge on any atom is -0.468 e. The van der Waals surface area contributed by atoms with Crippen molar-refractivity contribution in [3.05, 3.63) is 12.2 Å². The molecule has 1 saturated heterocycles. The first kappa shape index (κ1) is 12.5. The molecular weight excluding hydrogens is 238 g/mol. The van der Waals surface area contributed by atoms with Crippen molar-refractivity contribution in [1.29, 1.82) is 0 Å². The summed E-state index contributed by atoms with van der Waals surface area (Å²) in [5, 5.41) is 6.20. The van der Waals surface area contributed by atoms with Gasteiger partial charge in [-0.1, -0.05) is 0 Å². The van der Waals surface area contributed by atoms with Crippen LogP contribution in [0.25, 0.3) is 0 Å². The second kappa shape index (κ2) is 5.58. The third kappa shape index (κ3) is 2.83. The Balaban J connectivity index is 1.83. The highest BCUT2D eigenvalue weighted by Gasteiger charge is 2.24. The third-order valence-corrected chi connectivity index (χ3v) is 2.86. The van der Waals surface area contributed by atoms with Crippen LogP contribution in [0.15, 0.2) is 6.33 Å². The van der Waals surface area contributed by atoms with Crippen molar-refractivity contribution in [2.24, 2.45) is 0 Å². The number of carbonyl (C=O) groups is 2. The molecule has 0 spiro atoms. The zero-order valence-electron chi connectivity index (χ0n) is 10.1. The van der Waals surface area contributed by atoms with E-state index in [2.05, 4.69) is 19.9 Å². The summed E-state index contributed by atoms with van der Waals surface area (Å²) in [6.45, 7) is 2.69. The molecule has 2 rings (SSSR count). The summed E-state index contributed by atoms with van der Waals surface area (Å²) < 4.78 is 4.60. The molecule has 1 aromatic rings. The second-order valence-corrected chi connectivity index (χ2v) is 3.98. The highest BCUT2D eigenvalue weighted by atomic mass is 16.5. The molecule has 98 valence electrons. The molecule has 0 unspecified atom stereocenters. The lowest BCUT2D eigenvalue weighted by atomic mass is 10.3. The summed E-state index contributed by atoms with van der Waals surface area (Å²) in [4.78, 5) is 30.5. The fourth-order valence-electron chi connectivity index (χ4n) is 1.81. The summed E-state index contributed by atoms with van der Waals surface area (Å²) in [6.07, 6.45) is 1.31. The van der Waals surface area contributed by atoms with Gasteiger partial charge < -0.3 is 9.64 Å². The average Bonchev–Trinajstić information content (AvgIpc) is 2.92. The lowest BCUT2D eigenvalue weighted by Gasteiger charge is -2.33. The molecule has 1 N–H and O–H groups in total. The second-order valence-electron chi connectivity index (χ2n) is 3.98. The molecule has 18 heavy (non-hydrogen) atoms. The Morgan fingerprint density at radius 3 is 2.67 bits per heavy atom. The van der Waals surface area contributed by atoms with Gasteiger partial charge in [0.2, 0.25) is 5.82 Å². The van der Waals surface area contributed by atoms with E-state index in [4.69, 9.17) is 0 Å². The van der Waals surface area contributed by atoms with Crippen molar-refractivity contribution in [3.8, 4) is 0 Å². The molecule has 0 bridgehead atoms. The van der Waals surface area contributed by atoms with Crippen LogP contribution in [0.5, 0.6) is 0 Å². The predicted octanol–water partition coefficient (Wildman–Crippen LogP) is -1.26. The number of aromatic amines is 1. The van der Waals surface area contributed by atoms with Crippen molar-refractivity contribution in [1.82, 2.24) is 25.0 Å². The largest absolute Gasteiger partial charge is 0.468 e. The van der Waals surface area contributed by atoms with Gasteiger partial charge in [-0.3, -0.25) is 19.6 Å². The van der Waals surface area contributed by atoms with E-state index in [1.807, 2.05) is 4.90 Å². The number of aromatic nitrogens is 3. The molecular formula is C10H15N5O3.